The number of benzene rings is 1. The second kappa shape index (κ2) is 7.52. The van der Waals surface area contributed by atoms with Gasteiger partial charge in [0, 0.05) is 57.4 Å². The van der Waals surface area contributed by atoms with E-state index in [1.54, 1.807) is 4.68 Å². The molecule has 2 saturated heterocycles. The van der Waals surface area contributed by atoms with Crippen molar-refractivity contribution in [3.05, 3.63) is 47.8 Å². The van der Waals surface area contributed by atoms with E-state index in [2.05, 4.69) is 15.7 Å². The fourth-order valence-corrected chi connectivity index (χ4v) is 3.97. The molecular formula is C20H25N5O2. The number of aromatic nitrogens is 2. The maximum absolute atomic E-state index is 12.7. The lowest BCUT2D eigenvalue weighted by atomic mass is 9.90. The highest BCUT2D eigenvalue weighted by Gasteiger charge is 2.34. The van der Waals surface area contributed by atoms with Gasteiger partial charge < -0.3 is 15.5 Å². The van der Waals surface area contributed by atoms with E-state index in [1.165, 1.54) is 0 Å². The molecular weight excluding hydrogens is 342 g/mol. The average Bonchev–Trinajstić information content (AvgIpc) is 3.40. The maximum Gasteiger partial charge on any atom is 0.227 e. The SMILES string of the molecule is Cn1cc([C@H]2CNC[C@@H]2C(=O)NCc2ccc(N3CCCC3=O)cc2)cn1. The molecule has 27 heavy (non-hydrogen) atoms. The van der Waals surface area contributed by atoms with Crippen LogP contribution >= 0.6 is 0 Å². The molecule has 1 aromatic heterocycles. The van der Waals surface area contributed by atoms with Crippen LogP contribution in [0.5, 0.6) is 0 Å². The molecule has 7 nitrogen and oxygen atoms in total. The third kappa shape index (κ3) is 3.73. The largest absolute Gasteiger partial charge is 0.352 e. The van der Waals surface area contributed by atoms with Gasteiger partial charge in [0.1, 0.15) is 0 Å². The van der Waals surface area contributed by atoms with E-state index < -0.39 is 0 Å². The maximum atomic E-state index is 12.7. The van der Waals surface area contributed by atoms with Gasteiger partial charge >= 0.3 is 0 Å². The van der Waals surface area contributed by atoms with E-state index in [1.807, 2.05) is 48.6 Å². The third-order valence-corrected chi connectivity index (χ3v) is 5.49. The van der Waals surface area contributed by atoms with E-state index >= 15 is 0 Å². The number of anilines is 1. The molecule has 7 heteroatoms. The summed E-state index contributed by atoms with van der Waals surface area (Å²) in [7, 11) is 1.89. The molecule has 2 fully saturated rings. The highest BCUT2D eigenvalue weighted by molar-refractivity contribution is 5.95. The zero-order chi connectivity index (χ0) is 18.8. The summed E-state index contributed by atoms with van der Waals surface area (Å²) in [4.78, 5) is 26.3. The minimum Gasteiger partial charge on any atom is -0.352 e. The standard InChI is InChI=1S/C20H25N5O2/c1-24-13-15(10-23-24)17-11-21-12-18(17)20(27)22-9-14-4-6-16(7-5-14)25-8-2-3-19(25)26/h4-7,10,13,17-18,21H,2-3,8-9,11-12H2,1H3,(H,22,27)/t17-,18+/m1/s1. The summed E-state index contributed by atoms with van der Waals surface area (Å²) in [5.74, 6) is 0.317. The number of amides is 2. The average molecular weight is 367 g/mol. The highest BCUT2D eigenvalue weighted by atomic mass is 16.2. The van der Waals surface area contributed by atoms with Crippen molar-refractivity contribution in [2.45, 2.75) is 25.3 Å². The summed E-state index contributed by atoms with van der Waals surface area (Å²) in [6, 6.07) is 7.87. The number of carbonyl (C=O) groups is 2. The van der Waals surface area contributed by atoms with E-state index in [0.717, 1.165) is 36.3 Å². The Morgan fingerprint density at radius 3 is 2.78 bits per heavy atom. The molecule has 1 aromatic carbocycles. The van der Waals surface area contributed by atoms with Gasteiger partial charge in [-0.15, -0.1) is 0 Å². The molecule has 0 aliphatic carbocycles. The van der Waals surface area contributed by atoms with Crippen molar-refractivity contribution in [1.82, 2.24) is 20.4 Å². The molecule has 0 unspecified atom stereocenters. The summed E-state index contributed by atoms with van der Waals surface area (Å²) in [5.41, 5.74) is 3.06. The van der Waals surface area contributed by atoms with Gasteiger partial charge in [-0.2, -0.15) is 5.10 Å². The van der Waals surface area contributed by atoms with E-state index in [0.29, 0.717) is 19.5 Å². The van der Waals surface area contributed by atoms with Gasteiger partial charge in [0.15, 0.2) is 0 Å². The number of nitrogens with one attached hydrogen (secondary N) is 2. The first-order valence-electron chi connectivity index (χ1n) is 9.48. The van der Waals surface area contributed by atoms with Gasteiger partial charge in [0.05, 0.1) is 12.1 Å². The predicted molar refractivity (Wildman–Crippen MR) is 102 cm³/mol. The normalized spacial score (nSPS) is 22.4. The smallest absolute Gasteiger partial charge is 0.227 e. The van der Waals surface area contributed by atoms with Crippen LogP contribution in [0.2, 0.25) is 0 Å². The van der Waals surface area contributed by atoms with Crippen molar-refractivity contribution in [3.8, 4) is 0 Å². The zero-order valence-corrected chi connectivity index (χ0v) is 15.5. The second-order valence-corrected chi connectivity index (χ2v) is 7.35. The molecule has 0 bridgehead atoms. The molecule has 2 aliphatic heterocycles. The van der Waals surface area contributed by atoms with Crippen LogP contribution < -0.4 is 15.5 Å². The fourth-order valence-electron chi connectivity index (χ4n) is 3.97. The first kappa shape index (κ1) is 17.7. The van der Waals surface area contributed by atoms with Crippen LogP contribution in [-0.2, 0) is 23.2 Å². The van der Waals surface area contributed by atoms with Gasteiger partial charge in [-0.25, -0.2) is 0 Å². The van der Waals surface area contributed by atoms with Crippen molar-refractivity contribution in [1.29, 1.82) is 0 Å². The topological polar surface area (TPSA) is 79.3 Å². The van der Waals surface area contributed by atoms with Crippen molar-refractivity contribution < 1.29 is 9.59 Å². The lowest BCUT2D eigenvalue weighted by Crippen LogP contribution is -2.34. The number of hydrogen-bond donors (Lipinski definition) is 2. The summed E-state index contributed by atoms with van der Waals surface area (Å²) >= 11 is 0. The summed E-state index contributed by atoms with van der Waals surface area (Å²) in [6.45, 7) is 2.76. The van der Waals surface area contributed by atoms with Crippen LogP contribution in [0.1, 0.15) is 29.9 Å². The molecule has 0 saturated carbocycles. The molecule has 142 valence electrons. The number of carbonyl (C=O) groups excluding carboxylic acids is 2. The molecule has 2 aromatic rings. The summed E-state index contributed by atoms with van der Waals surface area (Å²) < 4.78 is 1.77. The van der Waals surface area contributed by atoms with E-state index in [9.17, 15) is 9.59 Å². The number of hydrogen-bond acceptors (Lipinski definition) is 4. The Labute approximate surface area is 158 Å². The number of aryl methyl sites for hydroxylation is 1. The van der Waals surface area contributed by atoms with E-state index in [-0.39, 0.29) is 23.7 Å². The Morgan fingerprint density at radius 2 is 2.11 bits per heavy atom. The first-order chi connectivity index (χ1) is 13.1. The van der Waals surface area contributed by atoms with Gasteiger partial charge in [0.2, 0.25) is 11.8 Å². The van der Waals surface area contributed by atoms with Crippen LogP contribution in [0, 0.1) is 5.92 Å². The van der Waals surface area contributed by atoms with Crippen LogP contribution in [0.15, 0.2) is 36.7 Å². The molecule has 2 aliphatic rings. The molecule has 3 heterocycles. The summed E-state index contributed by atoms with van der Waals surface area (Å²) in [5, 5.41) is 10.6. The van der Waals surface area contributed by atoms with Gasteiger partial charge in [-0.05, 0) is 29.7 Å². The number of rotatable bonds is 5. The van der Waals surface area contributed by atoms with Gasteiger partial charge in [0.25, 0.3) is 0 Å². The molecule has 0 radical (unpaired) electrons. The minimum atomic E-state index is -0.0873. The van der Waals surface area contributed by atoms with Crippen LogP contribution in [0.25, 0.3) is 0 Å². The zero-order valence-electron chi connectivity index (χ0n) is 15.5. The fraction of sp³-hybridized carbons (Fsp3) is 0.450. The van der Waals surface area contributed by atoms with Gasteiger partial charge in [-0.3, -0.25) is 14.3 Å². The molecule has 4 rings (SSSR count). The van der Waals surface area contributed by atoms with E-state index in [4.69, 9.17) is 0 Å². The van der Waals surface area contributed by atoms with Crippen LogP contribution in [-0.4, -0.2) is 41.2 Å². The molecule has 2 atom stereocenters. The number of nitrogens with zero attached hydrogens (tertiary/aromatic N) is 3. The summed E-state index contributed by atoms with van der Waals surface area (Å²) in [6.07, 6.45) is 5.38. The lowest BCUT2D eigenvalue weighted by Gasteiger charge is -2.18. The quantitative estimate of drug-likeness (QED) is 0.831. The van der Waals surface area contributed by atoms with Crippen LogP contribution in [0.3, 0.4) is 0 Å². The molecule has 2 N–H and O–H groups in total. The lowest BCUT2D eigenvalue weighted by molar-refractivity contribution is -0.125. The predicted octanol–water partition coefficient (Wildman–Crippen LogP) is 1.17. The Kier molecular flexibility index (Phi) is 4.94. The van der Waals surface area contributed by atoms with Gasteiger partial charge in [-0.1, -0.05) is 12.1 Å². The Hall–Kier alpha value is -2.67. The van der Waals surface area contributed by atoms with Crippen LogP contribution in [0.4, 0.5) is 5.69 Å². The second-order valence-electron chi connectivity index (χ2n) is 7.35. The van der Waals surface area contributed by atoms with Crippen molar-refractivity contribution in [3.63, 3.8) is 0 Å². The van der Waals surface area contributed by atoms with Crippen molar-refractivity contribution in [2.24, 2.45) is 13.0 Å². The molecule has 2 amide bonds. The monoisotopic (exact) mass is 367 g/mol. The Morgan fingerprint density at radius 1 is 1.30 bits per heavy atom. The molecule has 0 spiro atoms. The third-order valence-electron chi connectivity index (χ3n) is 5.49. The van der Waals surface area contributed by atoms with Crippen molar-refractivity contribution >= 4 is 17.5 Å². The Balaban J connectivity index is 1.35. The minimum absolute atomic E-state index is 0.0626. The highest BCUT2D eigenvalue weighted by Crippen LogP contribution is 2.28. The Bertz CT molecular complexity index is 829. The van der Waals surface area contributed by atoms with Crippen molar-refractivity contribution in [2.75, 3.05) is 24.5 Å². The first-order valence-corrected chi connectivity index (χ1v) is 9.48.